The number of amides is 1. The summed E-state index contributed by atoms with van der Waals surface area (Å²) in [5.41, 5.74) is 0.284. The fraction of sp³-hybridized carbons (Fsp3) is 0.300. The highest BCUT2D eigenvalue weighted by Gasteiger charge is 2.15. The molecule has 1 rings (SSSR count). The van der Waals surface area contributed by atoms with Crippen molar-refractivity contribution in [3.63, 3.8) is 0 Å². The third-order valence-electron chi connectivity index (χ3n) is 1.93. The maximum absolute atomic E-state index is 11.5. The smallest absolute Gasteiger partial charge is 0.251 e. The normalized spacial score (nSPS) is 11.2. The summed E-state index contributed by atoms with van der Waals surface area (Å²) < 4.78 is 22.7. The largest absolute Gasteiger partial charge is 0.352 e. The second-order valence-corrected chi connectivity index (χ2v) is 5.67. The van der Waals surface area contributed by atoms with Gasteiger partial charge in [-0.2, -0.15) is 0 Å². The van der Waals surface area contributed by atoms with E-state index in [2.05, 4.69) is 5.32 Å². The van der Waals surface area contributed by atoms with Crippen molar-refractivity contribution in [2.45, 2.75) is 11.8 Å². The van der Waals surface area contributed by atoms with Gasteiger partial charge >= 0.3 is 0 Å². The maximum atomic E-state index is 11.5. The summed E-state index contributed by atoms with van der Waals surface area (Å²) >= 11 is 5.75. The predicted molar refractivity (Wildman–Crippen MR) is 62.6 cm³/mol. The molecule has 88 valence electrons. The molecule has 0 aliphatic heterocycles. The molecule has 0 spiro atoms. The SMILES string of the molecule is CCNC(=O)c1ccc(Cl)c(S(C)(=O)=O)c1. The Kier molecular flexibility index (Phi) is 3.93. The number of hydrogen-bond acceptors (Lipinski definition) is 3. The fourth-order valence-corrected chi connectivity index (χ4v) is 2.49. The Hall–Kier alpha value is -1.07. The standard InChI is InChI=1S/C10H12ClNO3S/c1-3-12-10(13)7-4-5-8(11)9(6-7)16(2,14)15/h4-6H,3H2,1-2H3,(H,12,13). The van der Waals surface area contributed by atoms with E-state index in [0.29, 0.717) is 6.54 Å². The molecule has 0 aliphatic rings. The van der Waals surface area contributed by atoms with Crippen LogP contribution in [0.25, 0.3) is 0 Å². The fourth-order valence-electron chi connectivity index (χ4n) is 1.19. The third-order valence-corrected chi connectivity index (χ3v) is 3.51. The first-order valence-corrected chi connectivity index (χ1v) is 6.91. The second-order valence-electron chi connectivity index (χ2n) is 3.28. The lowest BCUT2D eigenvalue weighted by Gasteiger charge is -2.06. The van der Waals surface area contributed by atoms with E-state index in [1.165, 1.54) is 18.2 Å². The molecule has 0 heterocycles. The molecular formula is C10H12ClNO3S. The zero-order chi connectivity index (χ0) is 12.3. The summed E-state index contributed by atoms with van der Waals surface area (Å²) in [5.74, 6) is -0.316. The molecule has 1 N–H and O–H groups in total. The molecule has 4 nitrogen and oxygen atoms in total. The highest BCUT2D eigenvalue weighted by atomic mass is 35.5. The van der Waals surface area contributed by atoms with Gasteiger partial charge in [-0.1, -0.05) is 11.6 Å². The lowest BCUT2D eigenvalue weighted by atomic mass is 10.2. The Balaban J connectivity index is 3.23. The van der Waals surface area contributed by atoms with Crippen molar-refractivity contribution >= 4 is 27.3 Å². The Morgan fingerprint density at radius 1 is 1.44 bits per heavy atom. The molecule has 16 heavy (non-hydrogen) atoms. The number of carbonyl (C=O) groups is 1. The van der Waals surface area contributed by atoms with Crippen LogP contribution in [-0.4, -0.2) is 27.1 Å². The molecule has 0 saturated carbocycles. The Bertz CT molecular complexity index is 511. The summed E-state index contributed by atoms with van der Waals surface area (Å²) in [6, 6.07) is 4.17. The van der Waals surface area contributed by atoms with Gasteiger partial charge in [-0.3, -0.25) is 4.79 Å². The van der Waals surface area contributed by atoms with Crippen molar-refractivity contribution < 1.29 is 13.2 Å². The number of rotatable bonds is 3. The molecule has 1 amide bonds. The van der Waals surface area contributed by atoms with Gasteiger partial charge < -0.3 is 5.32 Å². The molecule has 0 aromatic heterocycles. The number of halogens is 1. The van der Waals surface area contributed by atoms with E-state index < -0.39 is 9.84 Å². The quantitative estimate of drug-likeness (QED) is 0.897. The number of hydrogen-bond donors (Lipinski definition) is 1. The Labute approximate surface area is 99.5 Å². The first-order valence-electron chi connectivity index (χ1n) is 4.64. The molecule has 6 heteroatoms. The summed E-state index contributed by atoms with van der Waals surface area (Å²) in [4.78, 5) is 11.5. The van der Waals surface area contributed by atoms with Crippen molar-refractivity contribution in [2.24, 2.45) is 0 Å². The summed E-state index contributed by atoms with van der Waals surface area (Å²) in [6.45, 7) is 2.26. The van der Waals surface area contributed by atoms with Gasteiger partial charge in [-0.15, -0.1) is 0 Å². The molecule has 0 aliphatic carbocycles. The van der Waals surface area contributed by atoms with Crippen LogP contribution in [0.15, 0.2) is 23.1 Å². The van der Waals surface area contributed by atoms with Crippen LogP contribution in [0.1, 0.15) is 17.3 Å². The lowest BCUT2D eigenvalue weighted by molar-refractivity contribution is 0.0955. The van der Waals surface area contributed by atoms with Gasteiger partial charge in [0.25, 0.3) is 5.91 Å². The monoisotopic (exact) mass is 261 g/mol. The van der Waals surface area contributed by atoms with Gasteiger partial charge in [-0.25, -0.2) is 8.42 Å². The van der Waals surface area contributed by atoms with Crippen LogP contribution in [0.3, 0.4) is 0 Å². The zero-order valence-electron chi connectivity index (χ0n) is 8.95. The molecule has 0 fully saturated rings. The van der Waals surface area contributed by atoms with Crippen molar-refractivity contribution in [1.29, 1.82) is 0 Å². The van der Waals surface area contributed by atoms with E-state index in [4.69, 9.17) is 11.6 Å². The summed E-state index contributed by atoms with van der Waals surface area (Å²) in [5, 5.41) is 2.70. The van der Waals surface area contributed by atoms with Crippen LogP contribution in [0, 0.1) is 0 Å². The van der Waals surface area contributed by atoms with Crippen molar-refractivity contribution in [3.05, 3.63) is 28.8 Å². The molecule has 0 saturated heterocycles. The van der Waals surface area contributed by atoms with Crippen LogP contribution in [0.5, 0.6) is 0 Å². The van der Waals surface area contributed by atoms with Crippen LogP contribution >= 0.6 is 11.6 Å². The highest BCUT2D eigenvalue weighted by Crippen LogP contribution is 2.22. The summed E-state index contributed by atoms with van der Waals surface area (Å²) in [6.07, 6.45) is 1.05. The molecule has 0 unspecified atom stereocenters. The van der Waals surface area contributed by atoms with Crippen molar-refractivity contribution in [2.75, 3.05) is 12.8 Å². The third kappa shape index (κ3) is 2.96. The van der Waals surface area contributed by atoms with Gasteiger partial charge in [0.2, 0.25) is 0 Å². The average Bonchev–Trinajstić information content (AvgIpc) is 2.16. The first kappa shape index (κ1) is 13.0. The Morgan fingerprint density at radius 3 is 2.56 bits per heavy atom. The van der Waals surface area contributed by atoms with E-state index >= 15 is 0 Å². The molecule has 1 aromatic carbocycles. The molecule has 0 radical (unpaired) electrons. The molecule has 0 atom stereocenters. The Morgan fingerprint density at radius 2 is 2.06 bits per heavy atom. The van der Waals surface area contributed by atoms with Gasteiger partial charge in [0.1, 0.15) is 0 Å². The van der Waals surface area contributed by atoms with Gasteiger partial charge in [0.05, 0.1) is 9.92 Å². The minimum absolute atomic E-state index is 0.0297. The van der Waals surface area contributed by atoms with Crippen molar-refractivity contribution in [3.8, 4) is 0 Å². The van der Waals surface area contributed by atoms with Crippen LogP contribution in [0.4, 0.5) is 0 Å². The second kappa shape index (κ2) is 4.84. The minimum atomic E-state index is -3.42. The number of nitrogens with one attached hydrogen (secondary N) is 1. The van der Waals surface area contributed by atoms with E-state index in [0.717, 1.165) is 6.26 Å². The highest BCUT2D eigenvalue weighted by molar-refractivity contribution is 7.90. The minimum Gasteiger partial charge on any atom is -0.352 e. The van der Waals surface area contributed by atoms with E-state index in [1.807, 2.05) is 0 Å². The zero-order valence-corrected chi connectivity index (χ0v) is 10.5. The van der Waals surface area contributed by atoms with E-state index in [9.17, 15) is 13.2 Å². The topological polar surface area (TPSA) is 63.2 Å². The maximum Gasteiger partial charge on any atom is 0.251 e. The number of carbonyl (C=O) groups excluding carboxylic acids is 1. The molecule has 1 aromatic rings. The summed E-state index contributed by atoms with van der Waals surface area (Å²) in [7, 11) is -3.42. The van der Waals surface area contributed by atoms with Gasteiger partial charge in [0.15, 0.2) is 9.84 Å². The lowest BCUT2D eigenvalue weighted by Crippen LogP contribution is -2.22. The van der Waals surface area contributed by atoms with Crippen LogP contribution in [-0.2, 0) is 9.84 Å². The van der Waals surface area contributed by atoms with Gasteiger partial charge in [-0.05, 0) is 25.1 Å². The predicted octanol–water partition coefficient (Wildman–Crippen LogP) is 1.49. The number of sulfone groups is 1. The number of benzene rings is 1. The van der Waals surface area contributed by atoms with E-state index in [-0.39, 0.29) is 21.4 Å². The molecule has 0 bridgehead atoms. The van der Waals surface area contributed by atoms with Crippen LogP contribution in [0.2, 0.25) is 5.02 Å². The first-order chi connectivity index (χ1) is 7.36. The molecular weight excluding hydrogens is 250 g/mol. The average molecular weight is 262 g/mol. The van der Waals surface area contributed by atoms with Gasteiger partial charge in [0, 0.05) is 18.4 Å². The van der Waals surface area contributed by atoms with E-state index in [1.54, 1.807) is 6.92 Å². The van der Waals surface area contributed by atoms with Crippen molar-refractivity contribution in [1.82, 2.24) is 5.32 Å². The van der Waals surface area contributed by atoms with Crippen LogP contribution < -0.4 is 5.32 Å².